The predicted octanol–water partition coefficient (Wildman–Crippen LogP) is 2.88. The van der Waals surface area contributed by atoms with Crippen molar-refractivity contribution in [2.75, 3.05) is 31.5 Å². The first-order chi connectivity index (χ1) is 14.0. The van der Waals surface area contributed by atoms with Crippen molar-refractivity contribution < 1.29 is 9.59 Å². The zero-order valence-corrected chi connectivity index (χ0v) is 17.9. The second-order valence-corrected chi connectivity index (χ2v) is 8.35. The minimum Gasteiger partial charge on any atom is -0.356 e. The molecule has 0 radical (unpaired) electrons. The summed E-state index contributed by atoms with van der Waals surface area (Å²) in [6, 6.07) is 2.65. The SMILES string of the molecule is CCNC(=O)C1CCN(CC(=O)Nc2c(C#N)c(C)c(C)n2C2CCCC2)CC1. The molecule has 29 heavy (non-hydrogen) atoms. The molecule has 7 heteroatoms. The Morgan fingerprint density at radius 3 is 2.38 bits per heavy atom. The molecule has 0 atom stereocenters. The van der Waals surface area contributed by atoms with E-state index >= 15 is 0 Å². The van der Waals surface area contributed by atoms with Crippen molar-refractivity contribution in [3.63, 3.8) is 0 Å². The molecule has 2 amide bonds. The van der Waals surface area contributed by atoms with Gasteiger partial charge < -0.3 is 15.2 Å². The van der Waals surface area contributed by atoms with E-state index in [1.165, 1.54) is 12.8 Å². The van der Waals surface area contributed by atoms with Gasteiger partial charge in [-0.15, -0.1) is 0 Å². The first-order valence-corrected chi connectivity index (χ1v) is 10.9. The van der Waals surface area contributed by atoms with Crippen LogP contribution in [0.15, 0.2) is 0 Å². The van der Waals surface area contributed by atoms with E-state index < -0.39 is 0 Å². The Balaban J connectivity index is 1.65. The molecule has 7 nitrogen and oxygen atoms in total. The number of likely N-dealkylation sites (tertiary alicyclic amines) is 1. The number of hydrogen-bond acceptors (Lipinski definition) is 4. The number of piperidine rings is 1. The van der Waals surface area contributed by atoms with Crippen LogP contribution in [-0.4, -0.2) is 47.5 Å². The van der Waals surface area contributed by atoms with Gasteiger partial charge in [0.1, 0.15) is 11.9 Å². The molecular formula is C22H33N5O2. The van der Waals surface area contributed by atoms with Crippen molar-refractivity contribution in [3.05, 3.63) is 16.8 Å². The third-order valence-electron chi connectivity index (χ3n) is 6.49. The summed E-state index contributed by atoms with van der Waals surface area (Å²) in [6.45, 7) is 8.35. The highest BCUT2D eigenvalue weighted by Crippen LogP contribution is 2.37. The van der Waals surface area contributed by atoms with Gasteiger partial charge in [-0.2, -0.15) is 5.26 Å². The van der Waals surface area contributed by atoms with Crippen LogP contribution in [0.5, 0.6) is 0 Å². The van der Waals surface area contributed by atoms with Crippen LogP contribution < -0.4 is 10.6 Å². The second-order valence-electron chi connectivity index (χ2n) is 8.35. The average Bonchev–Trinajstić information content (AvgIpc) is 3.30. The van der Waals surface area contributed by atoms with Gasteiger partial charge in [0.25, 0.3) is 0 Å². The molecular weight excluding hydrogens is 366 g/mol. The van der Waals surface area contributed by atoms with E-state index in [4.69, 9.17) is 0 Å². The summed E-state index contributed by atoms with van der Waals surface area (Å²) < 4.78 is 2.18. The zero-order valence-electron chi connectivity index (χ0n) is 17.9. The van der Waals surface area contributed by atoms with Crippen molar-refractivity contribution >= 4 is 17.6 Å². The van der Waals surface area contributed by atoms with Crippen LogP contribution in [-0.2, 0) is 9.59 Å². The molecule has 1 aromatic rings. The Labute approximate surface area is 173 Å². The normalized spacial score (nSPS) is 18.6. The first-order valence-electron chi connectivity index (χ1n) is 10.9. The Morgan fingerprint density at radius 1 is 1.14 bits per heavy atom. The van der Waals surface area contributed by atoms with Crippen LogP contribution >= 0.6 is 0 Å². The maximum Gasteiger partial charge on any atom is 0.239 e. The number of anilines is 1. The van der Waals surface area contributed by atoms with Crippen LogP contribution in [0.2, 0.25) is 0 Å². The molecule has 158 valence electrons. The van der Waals surface area contributed by atoms with Gasteiger partial charge in [0.05, 0.1) is 12.1 Å². The molecule has 1 aromatic heterocycles. The fourth-order valence-electron chi connectivity index (χ4n) is 4.75. The summed E-state index contributed by atoms with van der Waals surface area (Å²) in [6.07, 6.45) is 6.12. The van der Waals surface area contributed by atoms with Crippen LogP contribution in [0, 0.1) is 31.1 Å². The van der Waals surface area contributed by atoms with Gasteiger partial charge in [-0.25, -0.2) is 0 Å². The van der Waals surface area contributed by atoms with Gasteiger partial charge >= 0.3 is 0 Å². The maximum absolute atomic E-state index is 12.8. The number of carbonyl (C=O) groups is 2. The van der Waals surface area contributed by atoms with Gasteiger partial charge in [0, 0.05) is 24.2 Å². The average molecular weight is 400 g/mol. The Bertz CT molecular complexity index is 793. The van der Waals surface area contributed by atoms with Gasteiger partial charge in [-0.05, 0) is 65.1 Å². The van der Waals surface area contributed by atoms with Crippen molar-refractivity contribution in [1.82, 2.24) is 14.8 Å². The number of rotatable bonds is 6. The van der Waals surface area contributed by atoms with Gasteiger partial charge in [0.15, 0.2) is 0 Å². The van der Waals surface area contributed by atoms with Crippen molar-refractivity contribution in [2.45, 2.75) is 65.3 Å². The number of nitrogens with one attached hydrogen (secondary N) is 2. The fourth-order valence-corrected chi connectivity index (χ4v) is 4.75. The molecule has 1 aliphatic heterocycles. The lowest BCUT2D eigenvalue weighted by Crippen LogP contribution is -2.43. The number of amides is 2. The molecule has 2 aliphatic rings. The predicted molar refractivity (Wildman–Crippen MR) is 113 cm³/mol. The minimum absolute atomic E-state index is 0.0457. The van der Waals surface area contributed by atoms with Crippen LogP contribution in [0.1, 0.15) is 68.3 Å². The van der Waals surface area contributed by atoms with Crippen LogP contribution in [0.4, 0.5) is 5.82 Å². The maximum atomic E-state index is 12.8. The molecule has 2 heterocycles. The summed E-state index contributed by atoms with van der Waals surface area (Å²) in [4.78, 5) is 26.9. The summed E-state index contributed by atoms with van der Waals surface area (Å²) >= 11 is 0. The highest BCUT2D eigenvalue weighted by molar-refractivity contribution is 5.93. The molecule has 3 rings (SSSR count). The van der Waals surface area contributed by atoms with Gasteiger partial charge in [-0.3, -0.25) is 14.5 Å². The Hall–Kier alpha value is -2.33. The quantitative estimate of drug-likeness (QED) is 0.770. The van der Waals surface area contributed by atoms with Crippen molar-refractivity contribution in [3.8, 4) is 6.07 Å². The smallest absolute Gasteiger partial charge is 0.239 e. The lowest BCUT2D eigenvalue weighted by molar-refractivity contribution is -0.126. The number of hydrogen-bond donors (Lipinski definition) is 2. The number of nitrogens with zero attached hydrogens (tertiary/aromatic N) is 3. The van der Waals surface area contributed by atoms with E-state index in [0.29, 0.717) is 30.5 Å². The summed E-state index contributed by atoms with van der Waals surface area (Å²) in [7, 11) is 0. The van der Waals surface area contributed by atoms with E-state index in [-0.39, 0.29) is 17.7 Å². The van der Waals surface area contributed by atoms with E-state index in [1.807, 2.05) is 20.8 Å². The van der Waals surface area contributed by atoms with Crippen molar-refractivity contribution in [2.24, 2.45) is 5.92 Å². The molecule has 0 aromatic carbocycles. The highest BCUT2D eigenvalue weighted by Gasteiger charge is 2.28. The largest absolute Gasteiger partial charge is 0.356 e. The Kier molecular flexibility index (Phi) is 6.96. The third kappa shape index (κ3) is 4.64. The molecule has 0 bridgehead atoms. The van der Waals surface area contributed by atoms with Crippen LogP contribution in [0.25, 0.3) is 0 Å². The Morgan fingerprint density at radius 2 is 1.79 bits per heavy atom. The standard InChI is InChI=1S/C22H33N5O2/c1-4-24-22(29)17-9-11-26(12-10-17)14-20(28)25-21-19(13-23)15(2)16(3)27(21)18-7-5-6-8-18/h17-18H,4-12,14H2,1-3H3,(H,24,29)(H,25,28). The number of aromatic nitrogens is 1. The van der Waals surface area contributed by atoms with Gasteiger partial charge in [0.2, 0.25) is 11.8 Å². The number of carbonyl (C=O) groups excluding carboxylic acids is 2. The monoisotopic (exact) mass is 399 g/mol. The number of nitriles is 1. The molecule has 1 saturated heterocycles. The van der Waals surface area contributed by atoms with E-state index in [2.05, 4.69) is 26.2 Å². The third-order valence-corrected chi connectivity index (χ3v) is 6.49. The molecule has 2 fully saturated rings. The fraction of sp³-hybridized carbons (Fsp3) is 0.682. The van der Waals surface area contributed by atoms with E-state index in [9.17, 15) is 14.9 Å². The summed E-state index contributed by atoms with van der Waals surface area (Å²) in [5.41, 5.74) is 2.61. The van der Waals surface area contributed by atoms with E-state index in [1.54, 1.807) is 0 Å². The molecule has 1 saturated carbocycles. The highest BCUT2D eigenvalue weighted by atomic mass is 16.2. The lowest BCUT2D eigenvalue weighted by atomic mass is 9.96. The summed E-state index contributed by atoms with van der Waals surface area (Å²) in [5, 5.41) is 15.6. The van der Waals surface area contributed by atoms with Gasteiger partial charge in [-0.1, -0.05) is 12.8 Å². The first kappa shape index (κ1) is 21.4. The van der Waals surface area contributed by atoms with Crippen molar-refractivity contribution in [1.29, 1.82) is 5.26 Å². The molecule has 1 aliphatic carbocycles. The zero-order chi connectivity index (χ0) is 21.0. The van der Waals surface area contributed by atoms with E-state index in [0.717, 1.165) is 50.0 Å². The topological polar surface area (TPSA) is 90.2 Å². The van der Waals surface area contributed by atoms with Crippen LogP contribution in [0.3, 0.4) is 0 Å². The molecule has 2 N–H and O–H groups in total. The minimum atomic E-state index is -0.0882. The lowest BCUT2D eigenvalue weighted by Gasteiger charge is -2.30. The second kappa shape index (κ2) is 9.45. The molecule has 0 unspecified atom stereocenters. The molecule has 0 spiro atoms. The summed E-state index contributed by atoms with van der Waals surface area (Å²) in [5.74, 6) is 0.742.